The zero-order chi connectivity index (χ0) is 11.7. The molecule has 4 heteroatoms. The Kier molecular flexibility index (Phi) is 2.19. The Balaban J connectivity index is 2.19. The molecule has 2 aromatic heterocycles. The molecule has 0 atom stereocenters. The molecule has 0 amide bonds. The van der Waals surface area contributed by atoms with Crippen molar-refractivity contribution in [3.8, 4) is 11.4 Å². The van der Waals surface area contributed by atoms with Gasteiger partial charge in [-0.3, -0.25) is 4.98 Å². The fourth-order valence-corrected chi connectivity index (χ4v) is 1.68. The molecule has 0 aliphatic carbocycles. The number of pyridine rings is 1. The highest BCUT2D eigenvalue weighted by atomic mass is 14.9. The van der Waals surface area contributed by atoms with Gasteiger partial charge in [-0.25, -0.2) is 9.97 Å². The average molecular weight is 222 g/mol. The van der Waals surface area contributed by atoms with Gasteiger partial charge in [-0.1, -0.05) is 0 Å². The largest absolute Gasteiger partial charge is 0.399 e. The van der Waals surface area contributed by atoms with Gasteiger partial charge >= 0.3 is 0 Å². The summed E-state index contributed by atoms with van der Waals surface area (Å²) in [6.45, 7) is 0. The molecule has 2 N–H and O–H groups in total. The lowest BCUT2D eigenvalue weighted by Crippen LogP contribution is -1.91. The molecule has 0 fully saturated rings. The minimum absolute atomic E-state index is 0.686. The highest BCUT2D eigenvalue weighted by molar-refractivity contribution is 5.82. The third kappa shape index (κ3) is 1.80. The van der Waals surface area contributed by atoms with Crippen LogP contribution >= 0.6 is 0 Å². The number of fused-ring (bicyclic) bond motifs is 1. The Hall–Kier alpha value is -2.49. The standard InChI is InChI=1S/C13H10N4/c14-11-2-1-10-8-16-13(17-12(10)7-11)9-3-5-15-6-4-9/h1-8H,14H2. The van der Waals surface area contributed by atoms with Crippen molar-refractivity contribution < 1.29 is 0 Å². The number of hydrogen-bond acceptors (Lipinski definition) is 4. The summed E-state index contributed by atoms with van der Waals surface area (Å²) in [5, 5.41) is 0.983. The number of aromatic nitrogens is 3. The molecule has 0 saturated carbocycles. The van der Waals surface area contributed by atoms with E-state index in [2.05, 4.69) is 15.0 Å². The van der Waals surface area contributed by atoms with Crippen molar-refractivity contribution in [3.05, 3.63) is 48.9 Å². The fraction of sp³-hybridized carbons (Fsp3) is 0. The lowest BCUT2D eigenvalue weighted by molar-refractivity contribution is 1.21. The van der Waals surface area contributed by atoms with Crippen molar-refractivity contribution in [1.82, 2.24) is 15.0 Å². The van der Waals surface area contributed by atoms with Crippen LogP contribution < -0.4 is 5.73 Å². The van der Waals surface area contributed by atoms with Crippen molar-refractivity contribution in [2.45, 2.75) is 0 Å². The summed E-state index contributed by atoms with van der Waals surface area (Å²) < 4.78 is 0. The molecule has 0 aliphatic heterocycles. The molecule has 3 aromatic rings. The van der Waals surface area contributed by atoms with Gasteiger partial charge in [0.05, 0.1) is 5.52 Å². The first kappa shape index (κ1) is 9.72. The molecule has 2 heterocycles. The predicted octanol–water partition coefficient (Wildman–Crippen LogP) is 2.27. The van der Waals surface area contributed by atoms with E-state index >= 15 is 0 Å². The van der Waals surface area contributed by atoms with Gasteiger partial charge in [0.1, 0.15) is 0 Å². The zero-order valence-corrected chi connectivity index (χ0v) is 9.04. The number of nitrogens with zero attached hydrogens (tertiary/aromatic N) is 3. The number of rotatable bonds is 1. The van der Waals surface area contributed by atoms with E-state index < -0.39 is 0 Å². The second-order valence-corrected chi connectivity index (χ2v) is 3.75. The molecule has 0 bridgehead atoms. The summed E-state index contributed by atoms with van der Waals surface area (Å²) >= 11 is 0. The second kappa shape index (κ2) is 3.83. The summed E-state index contributed by atoms with van der Waals surface area (Å²) in [6, 6.07) is 9.38. The van der Waals surface area contributed by atoms with Crippen molar-refractivity contribution in [1.29, 1.82) is 0 Å². The van der Waals surface area contributed by atoms with Crippen molar-refractivity contribution in [2.75, 3.05) is 5.73 Å². The summed E-state index contributed by atoms with van der Waals surface area (Å²) in [7, 11) is 0. The van der Waals surface area contributed by atoms with Crippen LogP contribution in [0.1, 0.15) is 0 Å². The van der Waals surface area contributed by atoms with Crippen LogP contribution in [0.2, 0.25) is 0 Å². The van der Waals surface area contributed by atoms with Crippen LogP contribution in [0.25, 0.3) is 22.3 Å². The lowest BCUT2D eigenvalue weighted by Gasteiger charge is -2.02. The van der Waals surface area contributed by atoms with Crippen LogP contribution in [0, 0.1) is 0 Å². The van der Waals surface area contributed by atoms with Gasteiger partial charge in [0.15, 0.2) is 5.82 Å². The van der Waals surface area contributed by atoms with E-state index in [0.717, 1.165) is 16.5 Å². The SMILES string of the molecule is Nc1ccc2cnc(-c3ccncc3)nc2c1. The van der Waals surface area contributed by atoms with E-state index in [1.165, 1.54) is 0 Å². The van der Waals surface area contributed by atoms with Crippen molar-refractivity contribution in [3.63, 3.8) is 0 Å². The van der Waals surface area contributed by atoms with Crippen LogP contribution in [0.15, 0.2) is 48.9 Å². The quantitative estimate of drug-likeness (QED) is 0.641. The van der Waals surface area contributed by atoms with Gasteiger partial charge in [-0.05, 0) is 30.3 Å². The number of nitrogen functional groups attached to an aromatic ring is 1. The van der Waals surface area contributed by atoms with E-state index in [-0.39, 0.29) is 0 Å². The van der Waals surface area contributed by atoms with Gasteiger partial charge in [-0.15, -0.1) is 0 Å². The van der Waals surface area contributed by atoms with Crippen molar-refractivity contribution in [2.24, 2.45) is 0 Å². The Bertz CT molecular complexity index is 665. The van der Waals surface area contributed by atoms with E-state index in [1.807, 2.05) is 30.3 Å². The monoisotopic (exact) mass is 222 g/mol. The van der Waals surface area contributed by atoms with E-state index in [4.69, 9.17) is 5.73 Å². The van der Waals surface area contributed by atoms with Crippen LogP contribution in [0.4, 0.5) is 5.69 Å². The average Bonchev–Trinajstić information content (AvgIpc) is 2.39. The smallest absolute Gasteiger partial charge is 0.159 e. The van der Waals surface area contributed by atoms with Gasteiger partial charge in [-0.2, -0.15) is 0 Å². The molecule has 0 aliphatic rings. The highest BCUT2D eigenvalue weighted by Gasteiger charge is 2.02. The van der Waals surface area contributed by atoms with E-state index in [9.17, 15) is 0 Å². The first-order valence-electron chi connectivity index (χ1n) is 5.25. The Labute approximate surface area is 98.2 Å². The maximum Gasteiger partial charge on any atom is 0.159 e. The molecule has 82 valence electrons. The van der Waals surface area contributed by atoms with Gasteiger partial charge in [0, 0.05) is 35.2 Å². The topological polar surface area (TPSA) is 64.7 Å². The summed E-state index contributed by atoms with van der Waals surface area (Å²) in [6.07, 6.45) is 5.25. The number of hydrogen-bond donors (Lipinski definition) is 1. The molecule has 0 saturated heterocycles. The molecule has 3 rings (SSSR count). The third-order valence-corrected chi connectivity index (χ3v) is 2.55. The summed E-state index contributed by atoms with van der Waals surface area (Å²) in [5.41, 5.74) is 8.25. The Morgan fingerprint density at radius 1 is 1.00 bits per heavy atom. The summed E-state index contributed by atoms with van der Waals surface area (Å²) in [4.78, 5) is 12.8. The normalized spacial score (nSPS) is 10.6. The summed E-state index contributed by atoms with van der Waals surface area (Å²) in [5.74, 6) is 0.686. The van der Waals surface area contributed by atoms with Gasteiger partial charge < -0.3 is 5.73 Å². The maximum absolute atomic E-state index is 5.74. The first-order valence-corrected chi connectivity index (χ1v) is 5.25. The fourth-order valence-electron chi connectivity index (χ4n) is 1.68. The first-order chi connectivity index (χ1) is 8.33. The number of nitrogens with two attached hydrogens (primary N) is 1. The molecule has 4 nitrogen and oxygen atoms in total. The van der Waals surface area contributed by atoms with Gasteiger partial charge in [0.25, 0.3) is 0 Å². The van der Waals surface area contributed by atoms with Crippen LogP contribution in [-0.4, -0.2) is 15.0 Å². The predicted molar refractivity (Wildman–Crippen MR) is 67.2 cm³/mol. The van der Waals surface area contributed by atoms with E-state index in [1.54, 1.807) is 18.6 Å². The van der Waals surface area contributed by atoms with Crippen LogP contribution in [-0.2, 0) is 0 Å². The number of anilines is 1. The second-order valence-electron chi connectivity index (χ2n) is 3.75. The molecular weight excluding hydrogens is 212 g/mol. The molecule has 1 aromatic carbocycles. The third-order valence-electron chi connectivity index (χ3n) is 2.55. The zero-order valence-electron chi connectivity index (χ0n) is 9.04. The van der Waals surface area contributed by atoms with Crippen LogP contribution in [0.5, 0.6) is 0 Å². The Morgan fingerprint density at radius 2 is 1.82 bits per heavy atom. The minimum Gasteiger partial charge on any atom is -0.399 e. The minimum atomic E-state index is 0.686. The van der Waals surface area contributed by atoms with E-state index in [0.29, 0.717) is 11.5 Å². The van der Waals surface area contributed by atoms with Crippen LogP contribution in [0.3, 0.4) is 0 Å². The molecule has 17 heavy (non-hydrogen) atoms. The lowest BCUT2D eigenvalue weighted by atomic mass is 10.2. The number of benzene rings is 1. The molecule has 0 unspecified atom stereocenters. The van der Waals surface area contributed by atoms with Crippen molar-refractivity contribution >= 4 is 16.6 Å². The Morgan fingerprint density at radius 3 is 2.65 bits per heavy atom. The highest BCUT2D eigenvalue weighted by Crippen LogP contribution is 2.19. The molecule has 0 radical (unpaired) electrons. The molecule has 0 spiro atoms. The molecular formula is C13H10N4. The van der Waals surface area contributed by atoms with Gasteiger partial charge in [0.2, 0.25) is 0 Å². The maximum atomic E-state index is 5.74.